The summed E-state index contributed by atoms with van der Waals surface area (Å²) in [5, 5.41) is 19.6. The molecule has 0 saturated carbocycles. The summed E-state index contributed by atoms with van der Waals surface area (Å²) >= 11 is 0. The SMILES string of the molecule is CC1(O)C=CC(O)=C(c2ccccc2)C1. The Morgan fingerprint density at radius 1 is 1.20 bits per heavy atom. The predicted molar refractivity (Wildman–Crippen MR) is 60.4 cm³/mol. The third-order valence-corrected chi connectivity index (χ3v) is 2.57. The highest BCUT2D eigenvalue weighted by atomic mass is 16.3. The highest BCUT2D eigenvalue weighted by Gasteiger charge is 2.24. The van der Waals surface area contributed by atoms with Crippen molar-refractivity contribution >= 4 is 5.57 Å². The van der Waals surface area contributed by atoms with Crippen LogP contribution in [0.15, 0.2) is 48.2 Å². The van der Waals surface area contributed by atoms with Gasteiger partial charge in [0.05, 0.1) is 5.60 Å². The Hall–Kier alpha value is -1.54. The average Bonchev–Trinajstić information content (AvgIpc) is 2.23. The quantitative estimate of drug-likeness (QED) is 0.735. The smallest absolute Gasteiger partial charge is 0.119 e. The van der Waals surface area contributed by atoms with Gasteiger partial charge in [-0.2, -0.15) is 0 Å². The van der Waals surface area contributed by atoms with E-state index in [9.17, 15) is 10.2 Å². The van der Waals surface area contributed by atoms with Crippen molar-refractivity contribution in [2.45, 2.75) is 18.9 Å². The molecular weight excluding hydrogens is 188 g/mol. The van der Waals surface area contributed by atoms with Crippen LogP contribution in [0.2, 0.25) is 0 Å². The molecule has 1 aliphatic rings. The molecule has 2 rings (SSSR count). The van der Waals surface area contributed by atoms with Crippen molar-refractivity contribution in [1.29, 1.82) is 0 Å². The molecule has 2 N–H and O–H groups in total. The Morgan fingerprint density at radius 3 is 2.53 bits per heavy atom. The molecule has 1 unspecified atom stereocenters. The molecular formula is C13H14O2. The number of rotatable bonds is 1. The van der Waals surface area contributed by atoms with E-state index in [1.165, 1.54) is 0 Å². The van der Waals surface area contributed by atoms with Crippen LogP contribution in [-0.2, 0) is 0 Å². The normalized spacial score (nSPS) is 25.7. The monoisotopic (exact) mass is 202 g/mol. The lowest BCUT2D eigenvalue weighted by atomic mass is 9.87. The largest absolute Gasteiger partial charge is 0.508 e. The van der Waals surface area contributed by atoms with Crippen molar-refractivity contribution in [3.63, 3.8) is 0 Å². The van der Waals surface area contributed by atoms with Gasteiger partial charge in [-0.25, -0.2) is 0 Å². The van der Waals surface area contributed by atoms with Crippen molar-refractivity contribution in [2.24, 2.45) is 0 Å². The molecule has 0 radical (unpaired) electrons. The molecule has 0 spiro atoms. The second-order valence-corrected chi connectivity index (χ2v) is 4.10. The molecule has 0 bridgehead atoms. The van der Waals surface area contributed by atoms with Crippen molar-refractivity contribution in [1.82, 2.24) is 0 Å². The predicted octanol–water partition coefficient (Wildman–Crippen LogP) is 2.67. The molecule has 2 nitrogen and oxygen atoms in total. The maximum atomic E-state index is 9.89. The van der Waals surface area contributed by atoms with E-state index in [4.69, 9.17) is 0 Å². The van der Waals surface area contributed by atoms with E-state index in [-0.39, 0.29) is 5.76 Å². The second kappa shape index (κ2) is 3.55. The van der Waals surface area contributed by atoms with Crippen molar-refractivity contribution in [3.05, 3.63) is 53.8 Å². The van der Waals surface area contributed by atoms with E-state index < -0.39 is 5.60 Å². The molecule has 1 aliphatic carbocycles. The third kappa shape index (κ3) is 2.10. The molecule has 0 saturated heterocycles. The Morgan fingerprint density at radius 2 is 1.87 bits per heavy atom. The number of aliphatic hydroxyl groups excluding tert-OH is 1. The first-order valence-corrected chi connectivity index (χ1v) is 4.98. The van der Waals surface area contributed by atoms with Gasteiger partial charge in [0, 0.05) is 12.0 Å². The molecule has 0 amide bonds. The molecule has 0 aromatic heterocycles. The maximum Gasteiger partial charge on any atom is 0.119 e. The van der Waals surface area contributed by atoms with Crippen LogP contribution in [0, 0.1) is 0 Å². The van der Waals surface area contributed by atoms with Gasteiger partial charge in [-0.15, -0.1) is 0 Å². The zero-order valence-corrected chi connectivity index (χ0v) is 8.64. The van der Waals surface area contributed by atoms with E-state index >= 15 is 0 Å². The number of allylic oxidation sites excluding steroid dienone is 1. The van der Waals surface area contributed by atoms with E-state index in [1.807, 2.05) is 30.3 Å². The Balaban J connectivity index is 2.41. The van der Waals surface area contributed by atoms with Crippen molar-refractivity contribution in [2.75, 3.05) is 0 Å². The molecule has 2 heteroatoms. The Bertz CT molecular complexity index is 413. The summed E-state index contributed by atoms with van der Waals surface area (Å²) in [4.78, 5) is 0. The second-order valence-electron chi connectivity index (χ2n) is 4.10. The molecule has 15 heavy (non-hydrogen) atoms. The minimum atomic E-state index is -0.864. The molecule has 1 aromatic carbocycles. The first-order valence-electron chi connectivity index (χ1n) is 4.98. The maximum absolute atomic E-state index is 9.89. The first kappa shape index (κ1) is 9.99. The fraction of sp³-hybridized carbons (Fsp3) is 0.231. The molecule has 78 valence electrons. The minimum absolute atomic E-state index is 0.243. The van der Waals surface area contributed by atoms with Gasteiger partial charge in [-0.3, -0.25) is 0 Å². The van der Waals surface area contributed by atoms with E-state index in [0.717, 1.165) is 11.1 Å². The van der Waals surface area contributed by atoms with E-state index in [2.05, 4.69) is 0 Å². The van der Waals surface area contributed by atoms with Gasteiger partial charge in [-0.05, 0) is 24.6 Å². The Labute approximate surface area is 89.2 Å². The van der Waals surface area contributed by atoms with E-state index in [0.29, 0.717) is 6.42 Å². The van der Waals surface area contributed by atoms with Crippen LogP contribution in [0.25, 0.3) is 5.57 Å². The van der Waals surface area contributed by atoms with Crippen LogP contribution < -0.4 is 0 Å². The standard InChI is InChI=1S/C13H14O2/c1-13(15)8-7-12(14)11(9-13)10-5-3-2-4-6-10/h2-8,14-15H,9H2,1H3. The fourth-order valence-corrected chi connectivity index (χ4v) is 1.76. The average molecular weight is 202 g/mol. The molecule has 1 atom stereocenters. The van der Waals surface area contributed by atoms with Crippen LogP contribution in [0.4, 0.5) is 0 Å². The summed E-state index contributed by atoms with van der Waals surface area (Å²) in [6, 6.07) is 9.63. The van der Waals surface area contributed by atoms with Crippen LogP contribution >= 0.6 is 0 Å². The van der Waals surface area contributed by atoms with Crippen LogP contribution in [-0.4, -0.2) is 15.8 Å². The van der Waals surface area contributed by atoms with Crippen LogP contribution in [0.5, 0.6) is 0 Å². The lowest BCUT2D eigenvalue weighted by Crippen LogP contribution is -2.24. The van der Waals surface area contributed by atoms with E-state index in [1.54, 1.807) is 19.1 Å². The van der Waals surface area contributed by atoms with Gasteiger partial charge in [0.15, 0.2) is 0 Å². The van der Waals surface area contributed by atoms with Crippen LogP contribution in [0.3, 0.4) is 0 Å². The van der Waals surface area contributed by atoms with Crippen LogP contribution in [0.1, 0.15) is 18.9 Å². The summed E-state index contributed by atoms with van der Waals surface area (Å²) in [7, 11) is 0. The lowest BCUT2D eigenvalue weighted by molar-refractivity contribution is 0.114. The highest BCUT2D eigenvalue weighted by Crippen LogP contribution is 2.32. The summed E-state index contributed by atoms with van der Waals surface area (Å²) in [6.07, 6.45) is 3.62. The molecule has 0 aliphatic heterocycles. The highest BCUT2D eigenvalue weighted by molar-refractivity contribution is 5.71. The number of benzene rings is 1. The molecule has 0 fully saturated rings. The van der Waals surface area contributed by atoms with Crippen molar-refractivity contribution in [3.8, 4) is 0 Å². The minimum Gasteiger partial charge on any atom is -0.508 e. The number of hydrogen-bond acceptors (Lipinski definition) is 2. The summed E-state index contributed by atoms with van der Waals surface area (Å²) in [5.41, 5.74) is 0.889. The Kier molecular flexibility index (Phi) is 2.37. The van der Waals surface area contributed by atoms with Gasteiger partial charge in [-0.1, -0.05) is 30.3 Å². The third-order valence-electron chi connectivity index (χ3n) is 2.57. The van der Waals surface area contributed by atoms with Crippen molar-refractivity contribution < 1.29 is 10.2 Å². The zero-order chi connectivity index (χ0) is 10.9. The number of hydrogen-bond donors (Lipinski definition) is 2. The fourth-order valence-electron chi connectivity index (χ4n) is 1.76. The van der Waals surface area contributed by atoms with Gasteiger partial charge >= 0.3 is 0 Å². The molecule has 0 heterocycles. The van der Waals surface area contributed by atoms with Gasteiger partial charge in [0.2, 0.25) is 0 Å². The lowest BCUT2D eigenvalue weighted by Gasteiger charge is -2.25. The summed E-state index contributed by atoms with van der Waals surface area (Å²) in [6.45, 7) is 1.74. The van der Waals surface area contributed by atoms with Gasteiger partial charge < -0.3 is 10.2 Å². The summed E-state index contributed by atoms with van der Waals surface area (Å²) in [5.74, 6) is 0.243. The van der Waals surface area contributed by atoms with Gasteiger partial charge in [0.25, 0.3) is 0 Å². The van der Waals surface area contributed by atoms with Gasteiger partial charge in [0.1, 0.15) is 5.76 Å². The molecule has 1 aromatic rings. The topological polar surface area (TPSA) is 40.5 Å². The summed E-state index contributed by atoms with van der Waals surface area (Å²) < 4.78 is 0. The zero-order valence-electron chi connectivity index (χ0n) is 8.64. The first-order chi connectivity index (χ1) is 7.08. The number of aliphatic hydroxyl groups is 2.